The third kappa shape index (κ3) is 4.20. The molecule has 1 aromatic carbocycles. The first-order valence-corrected chi connectivity index (χ1v) is 6.19. The van der Waals surface area contributed by atoms with Crippen LogP contribution >= 0.6 is 0 Å². The largest absolute Gasteiger partial charge is 0.355 e. The Morgan fingerprint density at radius 2 is 1.72 bits per heavy atom. The maximum absolute atomic E-state index is 11.7. The van der Waals surface area contributed by atoms with E-state index in [4.69, 9.17) is 0 Å². The molecule has 0 saturated carbocycles. The van der Waals surface area contributed by atoms with Crippen molar-refractivity contribution in [2.45, 2.75) is 26.7 Å². The minimum Gasteiger partial charge on any atom is -0.355 e. The highest BCUT2D eigenvalue weighted by atomic mass is 16.2. The zero-order valence-corrected chi connectivity index (χ0v) is 11.1. The van der Waals surface area contributed by atoms with Gasteiger partial charge in [0.05, 0.1) is 6.54 Å². The van der Waals surface area contributed by atoms with Gasteiger partial charge in [0.2, 0.25) is 5.91 Å². The zero-order valence-electron chi connectivity index (χ0n) is 11.1. The average molecular weight is 248 g/mol. The molecule has 0 aliphatic carbocycles. The number of benzene rings is 1. The molecule has 0 radical (unpaired) electrons. The molecule has 0 aliphatic heterocycles. The topological polar surface area (TPSA) is 58.2 Å². The summed E-state index contributed by atoms with van der Waals surface area (Å²) in [7, 11) is 0. The van der Waals surface area contributed by atoms with Crippen molar-refractivity contribution in [2.24, 2.45) is 0 Å². The summed E-state index contributed by atoms with van der Waals surface area (Å²) in [6.07, 6.45) is 0. The van der Waals surface area contributed by atoms with Crippen molar-refractivity contribution in [3.8, 4) is 0 Å². The molecule has 0 bridgehead atoms. The van der Waals surface area contributed by atoms with E-state index in [1.54, 1.807) is 12.1 Å². The summed E-state index contributed by atoms with van der Waals surface area (Å²) < 4.78 is 0. The standard InChI is InChI=1S/C14H20N2O2/c1-4-15-13(17)9-16-14(18)12-7-5-11(6-8-12)10(2)3/h5-8,10H,4,9H2,1-3H3,(H,15,17)(H,16,18). The van der Waals surface area contributed by atoms with Crippen LogP contribution in [0.5, 0.6) is 0 Å². The molecule has 0 fully saturated rings. The van der Waals surface area contributed by atoms with Gasteiger partial charge in [0, 0.05) is 12.1 Å². The maximum Gasteiger partial charge on any atom is 0.251 e. The highest BCUT2D eigenvalue weighted by Gasteiger charge is 2.07. The summed E-state index contributed by atoms with van der Waals surface area (Å²) in [6.45, 7) is 6.62. The molecule has 2 amide bonds. The van der Waals surface area contributed by atoms with Crippen LogP contribution in [0.1, 0.15) is 42.6 Å². The van der Waals surface area contributed by atoms with E-state index in [0.29, 0.717) is 18.0 Å². The van der Waals surface area contributed by atoms with E-state index in [0.717, 1.165) is 0 Å². The van der Waals surface area contributed by atoms with Crippen LogP contribution in [-0.4, -0.2) is 24.9 Å². The van der Waals surface area contributed by atoms with Gasteiger partial charge in [-0.3, -0.25) is 9.59 Å². The van der Waals surface area contributed by atoms with Crippen molar-refractivity contribution in [2.75, 3.05) is 13.1 Å². The Hall–Kier alpha value is -1.84. The SMILES string of the molecule is CCNC(=O)CNC(=O)c1ccc(C(C)C)cc1. The van der Waals surface area contributed by atoms with Gasteiger partial charge in [0.25, 0.3) is 5.91 Å². The van der Waals surface area contributed by atoms with E-state index < -0.39 is 0 Å². The summed E-state index contributed by atoms with van der Waals surface area (Å²) in [5.74, 6) is 0.0404. The lowest BCUT2D eigenvalue weighted by atomic mass is 10.0. The first-order valence-electron chi connectivity index (χ1n) is 6.19. The minimum absolute atomic E-state index is 0.0125. The fourth-order valence-corrected chi connectivity index (χ4v) is 1.54. The lowest BCUT2D eigenvalue weighted by Crippen LogP contribution is -2.36. The van der Waals surface area contributed by atoms with E-state index >= 15 is 0 Å². The number of amides is 2. The van der Waals surface area contributed by atoms with Crippen molar-refractivity contribution >= 4 is 11.8 Å². The minimum atomic E-state index is -0.225. The second kappa shape index (κ2) is 6.79. The summed E-state index contributed by atoms with van der Waals surface area (Å²) in [5, 5.41) is 5.20. The highest BCUT2D eigenvalue weighted by Crippen LogP contribution is 2.14. The molecule has 98 valence electrons. The maximum atomic E-state index is 11.7. The number of hydrogen-bond donors (Lipinski definition) is 2. The van der Waals surface area contributed by atoms with Crippen LogP contribution in [0.15, 0.2) is 24.3 Å². The Kier molecular flexibility index (Phi) is 5.36. The molecule has 0 unspecified atom stereocenters. The first-order chi connectivity index (χ1) is 8.54. The van der Waals surface area contributed by atoms with E-state index in [9.17, 15) is 9.59 Å². The van der Waals surface area contributed by atoms with Crippen LogP contribution in [0.2, 0.25) is 0 Å². The first kappa shape index (κ1) is 14.2. The molecular weight excluding hydrogens is 228 g/mol. The number of rotatable bonds is 5. The molecule has 4 nitrogen and oxygen atoms in total. The van der Waals surface area contributed by atoms with Crippen LogP contribution < -0.4 is 10.6 Å². The molecule has 4 heteroatoms. The van der Waals surface area contributed by atoms with Gasteiger partial charge in [-0.1, -0.05) is 26.0 Å². The van der Waals surface area contributed by atoms with Crippen LogP contribution in [0.3, 0.4) is 0 Å². The molecule has 0 atom stereocenters. The van der Waals surface area contributed by atoms with Crippen LogP contribution in [0.25, 0.3) is 0 Å². The van der Waals surface area contributed by atoms with Gasteiger partial charge in [-0.25, -0.2) is 0 Å². The van der Waals surface area contributed by atoms with Gasteiger partial charge in [-0.15, -0.1) is 0 Å². The quantitative estimate of drug-likeness (QED) is 0.833. The molecule has 2 N–H and O–H groups in total. The number of carbonyl (C=O) groups is 2. The van der Waals surface area contributed by atoms with Gasteiger partial charge in [-0.2, -0.15) is 0 Å². The van der Waals surface area contributed by atoms with Crippen molar-refractivity contribution in [1.29, 1.82) is 0 Å². The molecule has 1 rings (SSSR count). The molecule has 0 aliphatic rings. The third-order valence-corrected chi connectivity index (χ3v) is 2.62. The van der Waals surface area contributed by atoms with Crippen molar-refractivity contribution < 1.29 is 9.59 Å². The Morgan fingerprint density at radius 1 is 1.11 bits per heavy atom. The van der Waals surface area contributed by atoms with Gasteiger partial charge >= 0.3 is 0 Å². The molecule has 18 heavy (non-hydrogen) atoms. The normalized spacial score (nSPS) is 10.2. The van der Waals surface area contributed by atoms with Crippen molar-refractivity contribution in [3.05, 3.63) is 35.4 Å². The Balaban J connectivity index is 2.54. The highest BCUT2D eigenvalue weighted by molar-refractivity contribution is 5.96. The number of nitrogens with one attached hydrogen (secondary N) is 2. The summed E-state index contributed by atoms with van der Waals surface area (Å²) >= 11 is 0. The number of likely N-dealkylation sites (N-methyl/N-ethyl adjacent to an activating group) is 1. The lowest BCUT2D eigenvalue weighted by Gasteiger charge is -2.08. The summed E-state index contributed by atoms with van der Waals surface area (Å²) in [6, 6.07) is 7.43. The second-order valence-corrected chi connectivity index (χ2v) is 4.41. The molecule has 0 heterocycles. The zero-order chi connectivity index (χ0) is 13.5. The number of hydrogen-bond acceptors (Lipinski definition) is 2. The van der Waals surface area contributed by atoms with Crippen LogP contribution in [0, 0.1) is 0 Å². The molecule has 0 aromatic heterocycles. The summed E-state index contributed by atoms with van der Waals surface area (Å²) in [4.78, 5) is 22.9. The van der Waals surface area contributed by atoms with E-state index in [-0.39, 0.29) is 18.4 Å². The van der Waals surface area contributed by atoms with Crippen LogP contribution in [0.4, 0.5) is 0 Å². The third-order valence-electron chi connectivity index (χ3n) is 2.62. The van der Waals surface area contributed by atoms with Gasteiger partial charge in [0.1, 0.15) is 0 Å². The lowest BCUT2D eigenvalue weighted by molar-refractivity contribution is -0.120. The Morgan fingerprint density at radius 3 is 2.22 bits per heavy atom. The monoisotopic (exact) mass is 248 g/mol. The molecule has 1 aromatic rings. The molecular formula is C14H20N2O2. The fourth-order valence-electron chi connectivity index (χ4n) is 1.54. The molecule has 0 saturated heterocycles. The second-order valence-electron chi connectivity index (χ2n) is 4.41. The van der Waals surface area contributed by atoms with Gasteiger partial charge in [0.15, 0.2) is 0 Å². The van der Waals surface area contributed by atoms with Crippen LogP contribution in [-0.2, 0) is 4.79 Å². The predicted molar refractivity (Wildman–Crippen MR) is 71.5 cm³/mol. The smallest absolute Gasteiger partial charge is 0.251 e. The van der Waals surface area contributed by atoms with E-state index in [1.807, 2.05) is 19.1 Å². The molecule has 0 spiro atoms. The summed E-state index contributed by atoms with van der Waals surface area (Å²) in [5.41, 5.74) is 1.76. The van der Waals surface area contributed by atoms with E-state index in [1.165, 1.54) is 5.56 Å². The fraction of sp³-hybridized carbons (Fsp3) is 0.429. The Labute approximate surface area is 108 Å². The van der Waals surface area contributed by atoms with Crippen molar-refractivity contribution in [3.63, 3.8) is 0 Å². The van der Waals surface area contributed by atoms with E-state index in [2.05, 4.69) is 24.5 Å². The average Bonchev–Trinajstić information content (AvgIpc) is 2.36. The predicted octanol–water partition coefficient (Wildman–Crippen LogP) is 1.68. The van der Waals surface area contributed by atoms with Crippen molar-refractivity contribution in [1.82, 2.24) is 10.6 Å². The number of carbonyl (C=O) groups excluding carboxylic acids is 2. The van der Waals surface area contributed by atoms with Gasteiger partial charge < -0.3 is 10.6 Å². The Bertz CT molecular complexity index is 410. The van der Waals surface area contributed by atoms with Gasteiger partial charge in [-0.05, 0) is 30.5 Å².